The summed E-state index contributed by atoms with van der Waals surface area (Å²) < 4.78 is 0. The lowest BCUT2D eigenvalue weighted by molar-refractivity contribution is -0.141. The zero-order valence-corrected chi connectivity index (χ0v) is 15.1. The number of hydrogen-bond donors (Lipinski definition) is 0. The molecular weight excluding hydrogens is 316 g/mol. The van der Waals surface area contributed by atoms with E-state index >= 15 is 0 Å². The van der Waals surface area contributed by atoms with Crippen molar-refractivity contribution in [3.8, 4) is 0 Å². The fourth-order valence-electron chi connectivity index (χ4n) is 5.21. The van der Waals surface area contributed by atoms with Crippen molar-refractivity contribution in [2.75, 3.05) is 6.54 Å². The second-order valence-corrected chi connectivity index (χ2v) is 8.40. The van der Waals surface area contributed by atoms with Crippen molar-refractivity contribution in [1.29, 1.82) is 0 Å². The Morgan fingerprint density at radius 1 is 0.800 bits per heavy atom. The molecule has 4 aliphatic rings. The molecule has 0 spiro atoms. The Hall–Kier alpha value is -1.39. The molecule has 1 heterocycles. The minimum absolute atomic E-state index is 0.0156. The molecule has 1 saturated heterocycles. The van der Waals surface area contributed by atoms with Crippen LogP contribution in [-0.2, 0) is 14.4 Å². The molecule has 2 atom stereocenters. The second kappa shape index (κ2) is 7.08. The minimum Gasteiger partial charge on any atom is -0.337 e. The van der Waals surface area contributed by atoms with Gasteiger partial charge < -0.3 is 4.90 Å². The van der Waals surface area contributed by atoms with E-state index in [1.54, 1.807) is 0 Å². The monoisotopic (exact) mass is 346 g/mol. The number of carbonyl (C=O) groups is 3. The summed E-state index contributed by atoms with van der Waals surface area (Å²) in [5.74, 6) is -0.0791. The first-order valence-corrected chi connectivity index (χ1v) is 10.3. The number of imide groups is 1. The molecule has 3 amide bonds. The predicted octanol–water partition coefficient (Wildman–Crippen LogP) is 2.88. The highest BCUT2D eigenvalue weighted by atomic mass is 16.2. The van der Waals surface area contributed by atoms with E-state index in [9.17, 15) is 14.4 Å². The molecule has 1 aliphatic heterocycles. The van der Waals surface area contributed by atoms with E-state index in [2.05, 4.69) is 4.90 Å². The Morgan fingerprint density at radius 3 is 1.88 bits per heavy atom. The summed E-state index contributed by atoms with van der Waals surface area (Å²) in [5, 5.41) is 0. The number of carbonyl (C=O) groups excluding carboxylic acids is 3. The van der Waals surface area contributed by atoms with Gasteiger partial charge in [-0.25, -0.2) is 0 Å². The van der Waals surface area contributed by atoms with Crippen molar-refractivity contribution >= 4 is 17.7 Å². The average molecular weight is 346 g/mol. The Morgan fingerprint density at radius 2 is 1.32 bits per heavy atom. The van der Waals surface area contributed by atoms with Crippen LogP contribution < -0.4 is 0 Å². The topological polar surface area (TPSA) is 57.7 Å². The first-order valence-electron chi connectivity index (χ1n) is 10.3. The van der Waals surface area contributed by atoms with Crippen LogP contribution in [0.25, 0.3) is 0 Å². The third kappa shape index (κ3) is 3.34. The normalized spacial score (nSPS) is 30.5. The van der Waals surface area contributed by atoms with E-state index < -0.39 is 0 Å². The summed E-state index contributed by atoms with van der Waals surface area (Å²) in [5.41, 5.74) is 0. The number of likely N-dealkylation sites (tertiary alicyclic amines) is 1. The molecular formula is C20H30N2O3. The lowest BCUT2D eigenvalue weighted by Crippen LogP contribution is -2.44. The highest BCUT2D eigenvalue weighted by molar-refractivity contribution is 6.05. The average Bonchev–Trinajstić information content (AvgIpc) is 3.44. The number of fused-ring (bicyclic) bond motifs is 1. The number of rotatable bonds is 5. The summed E-state index contributed by atoms with van der Waals surface area (Å²) in [6.07, 6.45) is 12.3. The fourth-order valence-corrected chi connectivity index (χ4v) is 5.21. The third-order valence-electron chi connectivity index (χ3n) is 6.68. The minimum atomic E-state index is -0.103. The zero-order chi connectivity index (χ0) is 17.4. The Bertz CT molecular complexity index is 527. The summed E-state index contributed by atoms with van der Waals surface area (Å²) in [7, 11) is 0. The van der Waals surface area contributed by atoms with E-state index in [1.807, 2.05) is 0 Å². The van der Waals surface area contributed by atoms with Crippen molar-refractivity contribution in [3.63, 3.8) is 0 Å². The van der Waals surface area contributed by atoms with Crippen LogP contribution in [0.1, 0.15) is 77.0 Å². The Labute approximate surface area is 150 Å². The van der Waals surface area contributed by atoms with Crippen LogP contribution in [0, 0.1) is 11.8 Å². The standard InChI is InChI=1S/C20H30N2O3/c23-18(22(15-10-11-15)14-6-2-1-3-7-14)12-13-21-19(24)16-8-4-5-9-17(16)20(21)25/h14-17H,1-13H2/t16-,17-/m0/s1. The lowest BCUT2D eigenvalue weighted by atomic mass is 9.81. The van der Waals surface area contributed by atoms with E-state index in [4.69, 9.17) is 0 Å². The highest BCUT2D eigenvalue weighted by Gasteiger charge is 2.48. The Kier molecular flexibility index (Phi) is 4.83. The van der Waals surface area contributed by atoms with Crippen molar-refractivity contribution in [2.24, 2.45) is 11.8 Å². The lowest BCUT2D eigenvalue weighted by Gasteiger charge is -2.35. The maximum atomic E-state index is 12.9. The molecule has 0 N–H and O–H groups in total. The molecule has 0 aromatic rings. The molecule has 5 nitrogen and oxygen atoms in total. The van der Waals surface area contributed by atoms with Gasteiger partial charge in [0.15, 0.2) is 0 Å². The van der Waals surface area contributed by atoms with Gasteiger partial charge in [0, 0.05) is 25.0 Å². The molecule has 0 bridgehead atoms. The van der Waals surface area contributed by atoms with Crippen LogP contribution in [0.4, 0.5) is 0 Å². The van der Waals surface area contributed by atoms with Gasteiger partial charge in [-0.05, 0) is 38.5 Å². The molecule has 4 fully saturated rings. The SMILES string of the molecule is O=C1[C@H]2CCCC[C@@H]2C(=O)N1CCC(=O)N(C1CCCCC1)C1CC1. The molecule has 25 heavy (non-hydrogen) atoms. The zero-order valence-electron chi connectivity index (χ0n) is 15.1. The van der Waals surface area contributed by atoms with E-state index in [-0.39, 0.29) is 29.6 Å². The van der Waals surface area contributed by atoms with Crippen molar-refractivity contribution in [3.05, 3.63) is 0 Å². The second-order valence-electron chi connectivity index (χ2n) is 8.40. The fraction of sp³-hybridized carbons (Fsp3) is 0.850. The smallest absolute Gasteiger partial charge is 0.233 e. The summed E-state index contributed by atoms with van der Waals surface area (Å²) in [4.78, 5) is 41.5. The van der Waals surface area contributed by atoms with Crippen LogP contribution in [-0.4, -0.2) is 46.1 Å². The summed E-state index contributed by atoms with van der Waals surface area (Å²) in [6.45, 7) is 0.291. The number of nitrogens with zero attached hydrogens (tertiary/aromatic N) is 2. The first kappa shape index (κ1) is 17.0. The van der Waals surface area contributed by atoms with Gasteiger partial charge in [-0.2, -0.15) is 0 Å². The van der Waals surface area contributed by atoms with Crippen LogP contribution in [0.3, 0.4) is 0 Å². The summed E-state index contributed by atoms with van der Waals surface area (Å²) in [6, 6.07) is 0.810. The van der Waals surface area contributed by atoms with Crippen molar-refractivity contribution < 1.29 is 14.4 Å². The predicted molar refractivity (Wildman–Crippen MR) is 93.5 cm³/mol. The molecule has 0 radical (unpaired) electrons. The molecule has 5 heteroatoms. The molecule has 0 unspecified atom stereocenters. The van der Waals surface area contributed by atoms with E-state index in [0.29, 0.717) is 25.0 Å². The van der Waals surface area contributed by atoms with Crippen LogP contribution in [0.2, 0.25) is 0 Å². The maximum absolute atomic E-state index is 12.9. The van der Waals surface area contributed by atoms with Crippen LogP contribution in [0.5, 0.6) is 0 Å². The van der Waals surface area contributed by atoms with Gasteiger partial charge >= 0.3 is 0 Å². The third-order valence-corrected chi connectivity index (χ3v) is 6.68. The van der Waals surface area contributed by atoms with Gasteiger partial charge in [0.05, 0.1) is 11.8 Å². The molecule has 4 rings (SSSR count). The van der Waals surface area contributed by atoms with Crippen molar-refractivity contribution in [2.45, 2.75) is 89.1 Å². The van der Waals surface area contributed by atoms with Gasteiger partial charge in [-0.3, -0.25) is 19.3 Å². The summed E-state index contributed by atoms with van der Waals surface area (Å²) >= 11 is 0. The first-order chi connectivity index (χ1) is 12.2. The number of amides is 3. The van der Waals surface area contributed by atoms with Gasteiger partial charge in [0.25, 0.3) is 0 Å². The molecule has 0 aromatic heterocycles. The maximum Gasteiger partial charge on any atom is 0.233 e. The quantitative estimate of drug-likeness (QED) is 0.719. The largest absolute Gasteiger partial charge is 0.337 e. The molecule has 3 aliphatic carbocycles. The van der Waals surface area contributed by atoms with Crippen LogP contribution in [0.15, 0.2) is 0 Å². The van der Waals surface area contributed by atoms with Gasteiger partial charge in [-0.1, -0.05) is 32.1 Å². The highest BCUT2D eigenvalue weighted by Crippen LogP contribution is 2.38. The molecule has 138 valence electrons. The van der Waals surface area contributed by atoms with E-state index in [0.717, 1.165) is 51.4 Å². The van der Waals surface area contributed by atoms with E-state index in [1.165, 1.54) is 24.2 Å². The van der Waals surface area contributed by atoms with Gasteiger partial charge in [-0.15, -0.1) is 0 Å². The van der Waals surface area contributed by atoms with Crippen molar-refractivity contribution in [1.82, 2.24) is 9.80 Å². The molecule has 0 aromatic carbocycles. The van der Waals surface area contributed by atoms with Crippen LogP contribution >= 0.6 is 0 Å². The Balaban J connectivity index is 1.37. The molecule has 3 saturated carbocycles. The number of hydrogen-bond acceptors (Lipinski definition) is 3. The van der Waals surface area contributed by atoms with Gasteiger partial charge in [0.1, 0.15) is 0 Å². The van der Waals surface area contributed by atoms with Gasteiger partial charge in [0.2, 0.25) is 17.7 Å².